The topological polar surface area (TPSA) is 114 Å². The molecule has 0 saturated heterocycles. The van der Waals surface area contributed by atoms with Crippen LogP contribution in [0.5, 0.6) is 5.75 Å². The highest BCUT2D eigenvalue weighted by Crippen LogP contribution is 2.47. The molecule has 2 aliphatic heterocycles. The highest BCUT2D eigenvalue weighted by molar-refractivity contribution is 7.90. The van der Waals surface area contributed by atoms with Crippen molar-refractivity contribution in [2.45, 2.75) is 82.0 Å². The third-order valence-corrected chi connectivity index (χ3v) is 13.8. The van der Waals surface area contributed by atoms with Crippen molar-refractivity contribution in [3.05, 3.63) is 58.1 Å². The Labute approximate surface area is 284 Å². The van der Waals surface area contributed by atoms with Crippen molar-refractivity contribution in [1.29, 1.82) is 0 Å². The van der Waals surface area contributed by atoms with Crippen LogP contribution in [0.2, 0.25) is 5.02 Å². The van der Waals surface area contributed by atoms with E-state index >= 15 is 0 Å². The first-order valence-corrected chi connectivity index (χ1v) is 19.0. The number of anilines is 1. The van der Waals surface area contributed by atoms with Crippen LogP contribution in [0.15, 0.2) is 36.4 Å². The van der Waals surface area contributed by atoms with Gasteiger partial charge in [0.05, 0.1) is 17.5 Å². The number of rotatable bonds is 3. The van der Waals surface area contributed by atoms with Crippen LogP contribution in [0.3, 0.4) is 0 Å². The van der Waals surface area contributed by atoms with E-state index in [0.717, 1.165) is 68.7 Å². The molecule has 11 heteroatoms. The lowest BCUT2D eigenvalue weighted by Crippen LogP contribution is -2.48. The summed E-state index contributed by atoms with van der Waals surface area (Å²) in [5, 5.41) is 2.60. The normalized spacial score (nSPS) is 31.2. The van der Waals surface area contributed by atoms with Gasteiger partial charge in [0.1, 0.15) is 11.9 Å². The molecule has 1 saturated carbocycles. The maximum atomic E-state index is 13.6. The summed E-state index contributed by atoms with van der Waals surface area (Å²) in [5.41, 5.74) is 3.38. The zero-order valence-corrected chi connectivity index (χ0v) is 29.5. The van der Waals surface area contributed by atoms with Gasteiger partial charge in [0.2, 0.25) is 15.9 Å². The van der Waals surface area contributed by atoms with Crippen LogP contribution in [-0.4, -0.2) is 65.4 Å². The van der Waals surface area contributed by atoms with Crippen molar-refractivity contribution in [1.82, 2.24) is 10.0 Å². The number of amides is 2. The number of benzene rings is 2. The summed E-state index contributed by atoms with van der Waals surface area (Å²) < 4.78 is 41.8. The van der Waals surface area contributed by atoms with Crippen molar-refractivity contribution in [3.63, 3.8) is 0 Å². The van der Waals surface area contributed by atoms with Gasteiger partial charge in [-0.15, -0.1) is 0 Å². The van der Waals surface area contributed by atoms with Gasteiger partial charge in [-0.1, -0.05) is 24.6 Å². The van der Waals surface area contributed by atoms with E-state index in [1.807, 2.05) is 19.1 Å². The summed E-state index contributed by atoms with van der Waals surface area (Å²) in [6, 6.07) is 11.5. The van der Waals surface area contributed by atoms with E-state index in [-0.39, 0.29) is 28.7 Å². The number of ether oxygens (including phenoxy) is 2. The summed E-state index contributed by atoms with van der Waals surface area (Å²) in [4.78, 5) is 28.9. The smallest absolute Gasteiger partial charge is 0.264 e. The molecule has 2 heterocycles. The summed E-state index contributed by atoms with van der Waals surface area (Å²) >= 11 is 6.43. The van der Waals surface area contributed by atoms with Crippen molar-refractivity contribution >= 4 is 39.1 Å². The van der Waals surface area contributed by atoms with Crippen LogP contribution < -0.4 is 19.7 Å². The number of likely N-dealkylation sites (N-methyl/N-ethyl adjacent to an activating group) is 1. The molecule has 0 radical (unpaired) electrons. The Balaban J connectivity index is 1.39. The summed E-state index contributed by atoms with van der Waals surface area (Å²) in [7, 11) is -0.891. The Kier molecular flexibility index (Phi) is 9.85. The van der Waals surface area contributed by atoms with Crippen LogP contribution in [0.1, 0.15) is 80.3 Å². The molecule has 4 aliphatic rings. The third kappa shape index (κ3) is 6.75. The molecule has 1 fully saturated rings. The van der Waals surface area contributed by atoms with Gasteiger partial charge in [-0.2, -0.15) is 0 Å². The summed E-state index contributed by atoms with van der Waals surface area (Å²) in [6.07, 6.45) is 6.67. The fourth-order valence-corrected chi connectivity index (χ4v) is 10.0. The number of halogens is 1. The molecule has 2 bridgehead atoms. The fraction of sp³-hybridized carbons (Fsp3) is 0.611. The second-order valence-electron chi connectivity index (χ2n) is 14.4. The van der Waals surface area contributed by atoms with E-state index < -0.39 is 27.3 Å². The quantitative estimate of drug-likeness (QED) is 0.440. The molecular weight excluding hydrogens is 638 g/mol. The van der Waals surface area contributed by atoms with Crippen molar-refractivity contribution in [2.75, 3.05) is 38.8 Å². The summed E-state index contributed by atoms with van der Waals surface area (Å²) in [6.45, 7) is 5.54. The maximum absolute atomic E-state index is 13.6. The second-order valence-corrected chi connectivity index (χ2v) is 16.9. The standard InChI is InChI=1S/C36H48ClN3O6S/c1-22-16-26(33(45-4)35(42)38-3)9-7-24-8-10-28(24)19-40-20-36(15-5-6-25-17-29(37)12-13-30(25)36)21-46-32-14-11-27(18-31(32)40)34(41)39-47(43,44)23(22)2/h11-14,17-18,22-24,26,28,33H,5-10,15-16,19-21H2,1-4H3,(H,38,42)(H,39,41)/t22-,23+,24+,26+,28-,33-,36-/m0/s1. The van der Waals surface area contributed by atoms with E-state index in [0.29, 0.717) is 30.6 Å². The Bertz CT molecular complexity index is 1620. The van der Waals surface area contributed by atoms with Crippen molar-refractivity contribution < 1.29 is 27.5 Å². The number of nitrogens with one attached hydrogen (secondary N) is 2. The lowest BCUT2D eigenvalue weighted by atomic mass is 9.68. The lowest BCUT2D eigenvalue weighted by molar-refractivity contribution is -0.134. The molecule has 2 aliphatic carbocycles. The average molecular weight is 686 g/mol. The predicted octanol–water partition coefficient (Wildman–Crippen LogP) is 5.48. The summed E-state index contributed by atoms with van der Waals surface area (Å²) in [5.74, 6) is 0.258. The molecule has 0 aromatic heterocycles. The Hall–Kier alpha value is -2.82. The number of methoxy groups -OCH3 is 1. The largest absolute Gasteiger partial charge is 0.490 e. The van der Waals surface area contributed by atoms with E-state index in [4.69, 9.17) is 21.1 Å². The van der Waals surface area contributed by atoms with Crippen LogP contribution in [0.4, 0.5) is 5.69 Å². The first-order chi connectivity index (χ1) is 22.4. The molecule has 7 atom stereocenters. The van der Waals surface area contributed by atoms with E-state index in [2.05, 4.69) is 27.1 Å². The highest BCUT2D eigenvalue weighted by Gasteiger charge is 2.44. The third-order valence-electron chi connectivity index (χ3n) is 11.6. The van der Waals surface area contributed by atoms with E-state index in [9.17, 15) is 18.0 Å². The number of hydrogen-bond acceptors (Lipinski definition) is 7. The van der Waals surface area contributed by atoms with Crippen molar-refractivity contribution in [2.24, 2.45) is 23.7 Å². The lowest BCUT2D eigenvalue weighted by Gasteiger charge is -2.45. The minimum atomic E-state index is -4.02. The number of carbonyl (C=O) groups is 2. The fourth-order valence-electron chi connectivity index (χ4n) is 8.53. The zero-order chi connectivity index (χ0) is 33.5. The number of carbonyl (C=O) groups excluding carboxylic acids is 2. The molecule has 6 rings (SSSR count). The minimum absolute atomic E-state index is 0.169. The van der Waals surface area contributed by atoms with Crippen LogP contribution in [0, 0.1) is 23.7 Å². The highest BCUT2D eigenvalue weighted by atomic mass is 35.5. The van der Waals surface area contributed by atoms with Gasteiger partial charge in [0.15, 0.2) is 0 Å². The monoisotopic (exact) mass is 685 g/mol. The number of fused-ring (bicyclic) bond motifs is 4. The van der Waals surface area contributed by atoms with Gasteiger partial charge >= 0.3 is 0 Å². The first kappa shape index (κ1) is 34.1. The first-order valence-electron chi connectivity index (χ1n) is 17.1. The number of sulfonamides is 1. The van der Waals surface area contributed by atoms with Gasteiger partial charge in [0.25, 0.3) is 5.91 Å². The van der Waals surface area contributed by atoms with Crippen LogP contribution in [-0.2, 0) is 31.4 Å². The van der Waals surface area contributed by atoms with Gasteiger partial charge < -0.3 is 19.7 Å². The van der Waals surface area contributed by atoms with Gasteiger partial charge in [-0.3, -0.25) is 9.59 Å². The van der Waals surface area contributed by atoms with Gasteiger partial charge in [-0.05, 0) is 123 Å². The molecule has 2 N–H and O–H groups in total. The molecule has 1 spiro atoms. The molecule has 2 amide bonds. The number of aryl methyl sites for hydroxylation is 1. The van der Waals surface area contributed by atoms with Gasteiger partial charge in [0, 0.05) is 43.2 Å². The van der Waals surface area contributed by atoms with E-state index in [1.54, 1.807) is 26.1 Å². The minimum Gasteiger partial charge on any atom is -0.490 e. The Morgan fingerprint density at radius 2 is 1.89 bits per heavy atom. The molecule has 47 heavy (non-hydrogen) atoms. The molecule has 9 nitrogen and oxygen atoms in total. The molecule has 0 unspecified atom stereocenters. The zero-order valence-electron chi connectivity index (χ0n) is 27.9. The van der Waals surface area contributed by atoms with Gasteiger partial charge in [-0.25, -0.2) is 13.1 Å². The Morgan fingerprint density at radius 1 is 1.13 bits per heavy atom. The van der Waals surface area contributed by atoms with Crippen LogP contribution in [0.25, 0.3) is 0 Å². The Morgan fingerprint density at radius 3 is 2.62 bits per heavy atom. The molecule has 2 aromatic rings. The van der Waals surface area contributed by atoms with E-state index in [1.165, 1.54) is 18.2 Å². The average Bonchev–Trinajstić information content (AvgIpc) is 3.18. The number of nitrogens with zero attached hydrogens (tertiary/aromatic N) is 1. The second kappa shape index (κ2) is 13.6. The number of hydrogen-bond donors (Lipinski definition) is 2. The molecule has 2 aromatic carbocycles. The molecule has 256 valence electrons. The molecular formula is C36H48ClN3O6S. The van der Waals surface area contributed by atoms with Crippen molar-refractivity contribution in [3.8, 4) is 5.75 Å². The van der Waals surface area contributed by atoms with Crippen LogP contribution >= 0.6 is 11.6 Å². The SMILES string of the molecule is CNC(=O)[C@@H](OC)[C@@H]1CC[C@@H]2CC[C@H]2CN2C[C@@]3(CCCc4cc(Cl)ccc43)COc3ccc(cc32)C(=O)NS(=O)(=O)[C@H](C)[C@@H](C)C1. The maximum Gasteiger partial charge on any atom is 0.264 e. The predicted molar refractivity (Wildman–Crippen MR) is 184 cm³/mol.